The first-order valence-electron chi connectivity index (χ1n) is 11.8. The van der Waals surface area contributed by atoms with Crippen LogP contribution in [0.1, 0.15) is 43.1 Å². The van der Waals surface area contributed by atoms with Gasteiger partial charge in [-0.25, -0.2) is 4.90 Å². The number of carbonyl (C=O) groups is 3. The second-order valence-corrected chi connectivity index (χ2v) is 10.0. The highest BCUT2D eigenvalue weighted by Gasteiger charge is 2.69. The molecule has 0 aromatic heterocycles. The number of rotatable bonds is 5. The second-order valence-electron chi connectivity index (χ2n) is 10.0. The van der Waals surface area contributed by atoms with Gasteiger partial charge in [0.2, 0.25) is 12.3 Å². The number of para-hydroxylation sites is 1. The molecular formula is C27H26N6O4. The molecule has 3 aliphatic rings. The minimum Gasteiger partial charge on any atom is -0.493 e. The fraction of sp³-hybridized carbons (Fsp3) is 0.296. The average molecular weight is 499 g/mol. The summed E-state index contributed by atoms with van der Waals surface area (Å²) in [4.78, 5) is 46.9. The van der Waals surface area contributed by atoms with Crippen LogP contribution in [-0.4, -0.2) is 45.3 Å². The van der Waals surface area contributed by atoms with E-state index in [9.17, 15) is 19.5 Å². The van der Waals surface area contributed by atoms with E-state index >= 15 is 0 Å². The maximum absolute atomic E-state index is 14.0. The first-order valence-corrected chi connectivity index (χ1v) is 11.8. The molecule has 10 nitrogen and oxygen atoms in total. The van der Waals surface area contributed by atoms with Gasteiger partial charge in [-0.2, -0.15) is 0 Å². The fourth-order valence-electron chi connectivity index (χ4n) is 6.22. The summed E-state index contributed by atoms with van der Waals surface area (Å²) in [6.07, 6.45) is 2.04. The molecule has 1 saturated heterocycles. The minimum atomic E-state index is -0.931. The van der Waals surface area contributed by atoms with Gasteiger partial charge in [0, 0.05) is 21.6 Å². The molecule has 3 aliphatic heterocycles. The molecular weight excluding hydrogens is 472 g/mol. The Morgan fingerprint density at radius 2 is 1.92 bits per heavy atom. The van der Waals surface area contributed by atoms with E-state index in [2.05, 4.69) is 16.6 Å². The summed E-state index contributed by atoms with van der Waals surface area (Å²) < 4.78 is 0. The van der Waals surface area contributed by atoms with Crippen LogP contribution < -0.4 is 4.90 Å². The second kappa shape index (κ2) is 8.25. The van der Waals surface area contributed by atoms with E-state index in [0.717, 1.165) is 10.5 Å². The molecule has 3 heterocycles. The highest BCUT2D eigenvalue weighted by atomic mass is 16.3. The third-order valence-corrected chi connectivity index (χ3v) is 8.15. The maximum Gasteiger partial charge on any atom is 0.265 e. The third-order valence-electron chi connectivity index (χ3n) is 8.15. The number of allylic oxidation sites excluding steroid dienone is 2. The summed E-state index contributed by atoms with van der Waals surface area (Å²) in [5, 5.41) is 15.1. The number of aliphatic hydroxyl groups excluding tert-OH is 1. The topological polar surface area (TPSA) is 130 Å². The van der Waals surface area contributed by atoms with Crippen LogP contribution >= 0.6 is 0 Å². The molecule has 2 aromatic rings. The molecule has 188 valence electrons. The number of fused-ring (bicyclic) bond motifs is 5. The average Bonchev–Trinajstić information content (AvgIpc) is 3.40. The Morgan fingerprint density at radius 3 is 2.59 bits per heavy atom. The highest BCUT2D eigenvalue weighted by molar-refractivity contribution is 6.10. The van der Waals surface area contributed by atoms with Gasteiger partial charge in [-0.3, -0.25) is 19.3 Å². The van der Waals surface area contributed by atoms with E-state index in [1.807, 2.05) is 38.1 Å². The number of carbonyl (C=O) groups excluding carboxylic acids is 3. The molecule has 0 unspecified atom stereocenters. The van der Waals surface area contributed by atoms with Gasteiger partial charge < -0.3 is 10.0 Å². The van der Waals surface area contributed by atoms with Gasteiger partial charge in [-0.1, -0.05) is 61.4 Å². The molecule has 5 rings (SSSR count). The lowest BCUT2D eigenvalue weighted by molar-refractivity contribution is -0.135. The molecule has 0 bridgehead atoms. The summed E-state index contributed by atoms with van der Waals surface area (Å²) >= 11 is 0. The number of amides is 3. The number of benzene rings is 2. The number of aliphatic hydroxyl groups is 1. The Kier molecular flexibility index (Phi) is 5.38. The molecule has 1 fully saturated rings. The number of nitrogens with zero attached hydrogens (tertiary/aromatic N) is 6. The van der Waals surface area contributed by atoms with Crippen LogP contribution in [0, 0.1) is 5.41 Å². The van der Waals surface area contributed by atoms with E-state index in [1.165, 1.54) is 19.1 Å². The zero-order chi connectivity index (χ0) is 26.7. The van der Waals surface area contributed by atoms with Crippen molar-refractivity contribution in [3.05, 3.63) is 94.3 Å². The van der Waals surface area contributed by atoms with Crippen LogP contribution in [0.25, 0.3) is 10.4 Å². The first kappa shape index (κ1) is 24.1. The van der Waals surface area contributed by atoms with Crippen LogP contribution in [0.3, 0.4) is 0 Å². The Hall–Kier alpha value is -4.56. The van der Waals surface area contributed by atoms with E-state index < -0.39 is 34.9 Å². The van der Waals surface area contributed by atoms with Crippen molar-refractivity contribution in [1.82, 2.24) is 9.80 Å². The standard InChI is InChI=1S/C27H26N6O4/c1-5-26(3,4)27-14-21-24(37)32(23(36)17-10-6-8-12-19(17)29-30-28)16(2)22(35)33(21)25(27)31(15-34)20-13-9-7-11-18(20)27/h5-13,15,21,25,35H,1,14H2,2-4H3/t21-,25-,27+/m0/s1. The van der Waals surface area contributed by atoms with Crippen LogP contribution in [-0.2, 0) is 15.0 Å². The van der Waals surface area contributed by atoms with Gasteiger partial charge in [0.05, 0.1) is 11.4 Å². The Morgan fingerprint density at radius 1 is 1.24 bits per heavy atom. The first-order chi connectivity index (χ1) is 17.7. The number of anilines is 1. The van der Waals surface area contributed by atoms with Crippen LogP contribution in [0.5, 0.6) is 0 Å². The monoisotopic (exact) mass is 498 g/mol. The molecule has 2 aromatic carbocycles. The Labute approximate surface area is 213 Å². The van der Waals surface area contributed by atoms with Crippen molar-refractivity contribution in [2.75, 3.05) is 4.90 Å². The Balaban J connectivity index is 1.69. The van der Waals surface area contributed by atoms with E-state index in [0.29, 0.717) is 12.1 Å². The molecule has 0 aliphatic carbocycles. The number of hydrogen-bond acceptors (Lipinski definition) is 6. The van der Waals surface area contributed by atoms with E-state index in [4.69, 9.17) is 5.53 Å². The zero-order valence-corrected chi connectivity index (χ0v) is 20.7. The highest BCUT2D eigenvalue weighted by Crippen LogP contribution is 2.63. The van der Waals surface area contributed by atoms with E-state index in [-0.39, 0.29) is 29.3 Å². The van der Waals surface area contributed by atoms with Crippen molar-refractivity contribution in [3.8, 4) is 0 Å². The molecule has 10 heteroatoms. The van der Waals surface area contributed by atoms with Crippen LogP contribution in [0.4, 0.5) is 11.4 Å². The van der Waals surface area contributed by atoms with Crippen LogP contribution in [0.2, 0.25) is 0 Å². The van der Waals surface area contributed by atoms with Gasteiger partial charge in [0.15, 0.2) is 0 Å². The number of hydrogen-bond donors (Lipinski definition) is 1. The summed E-state index contributed by atoms with van der Waals surface area (Å²) in [6.45, 7) is 9.51. The lowest BCUT2D eigenvalue weighted by Gasteiger charge is -2.45. The lowest BCUT2D eigenvalue weighted by Crippen LogP contribution is -2.58. The lowest BCUT2D eigenvalue weighted by atomic mass is 9.60. The van der Waals surface area contributed by atoms with Crippen molar-refractivity contribution in [3.63, 3.8) is 0 Å². The molecule has 37 heavy (non-hydrogen) atoms. The van der Waals surface area contributed by atoms with Crippen molar-refractivity contribution >= 4 is 29.6 Å². The number of imide groups is 1. The summed E-state index contributed by atoms with van der Waals surface area (Å²) in [5.41, 5.74) is 9.22. The normalized spacial score (nSPS) is 24.3. The van der Waals surface area contributed by atoms with E-state index in [1.54, 1.807) is 28.0 Å². The van der Waals surface area contributed by atoms with Gasteiger partial charge in [-0.05, 0) is 42.0 Å². The predicted molar refractivity (Wildman–Crippen MR) is 136 cm³/mol. The minimum absolute atomic E-state index is 0.0241. The maximum atomic E-state index is 14.0. The van der Waals surface area contributed by atoms with Gasteiger partial charge >= 0.3 is 0 Å². The van der Waals surface area contributed by atoms with Crippen molar-refractivity contribution in [1.29, 1.82) is 0 Å². The van der Waals surface area contributed by atoms with Crippen molar-refractivity contribution in [2.45, 2.75) is 44.8 Å². The zero-order valence-electron chi connectivity index (χ0n) is 20.7. The predicted octanol–water partition coefficient (Wildman–Crippen LogP) is 4.88. The van der Waals surface area contributed by atoms with Crippen LogP contribution in [0.15, 0.2) is 77.9 Å². The molecule has 0 radical (unpaired) electrons. The summed E-state index contributed by atoms with van der Waals surface area (Å²) in [7, 11) is 0. The van der Waals surface area contributed by atoms with Gasteiger partial charge in [0.25, 0.3) is 11.8 Å². The largest absolute Gasteiger partial charge is 0.493 e. The molecule has 1 N–H and O–H groups in total. The summed E-state index contributed by atoms with van der Waals surface area (Å²) in [5.74, 6) is -1.52. The molecule has 0 saturated carbocycles. The third kappa shape index (κ3) is 2.99. The molecule has 0 spiro atoms. The smallest absolute Gasteiger partial charge is 0.265 e. The fourth-order valence-corrected chi connectivity index (χ4v) is 6.22. The van der Waals surface area contributed by atoms with Crippen molar-refractivity contribution < 1.29 is 19.5 Å². The quantitative estimate of drug-likeness (QED) is 0.157. The Bertz CT molecular complexity index is 1440. The van der Waals surface area contributed by atoms with Gasteiger partial charge in [-0.15, -0.1) is 6.58 Å². The molecule has 3 amide bonds. The number of azide groups is 1. The van der Waals surface area contributed by atoms with Gasteiger partial charge in [0.1, 0.15) is 12.2 Å². The van der Waals surface area contributed by atoms with Crippen molar-refractivity contribution in [2.24, 2.45) is 10.5 Å². The summed E-state index contributed by atoms with van der Waals surface area (Å²) in [6, 6.07) is 12.7. The SMILES string of the molecule is C=CC(C)(C)[C@@]12C[C@H]3C(=O)N(C(=O)c4ccccc4N=[N+]=[N-])C(C)=C(O)N3[C@@H]1N(C=O)c1ccccc12. The molecule has 3 atom stereocenters.